The topological polar surface area (TPSA) is 37.3 Å². The van der Waals surface area contributed by atoms with E-state index >= 15 is 0 Å². The highest BCUT2D eigenvalue weighted by molar-refractivity contribution is 9.10. The van der Waals surface area contributed by atoms with Crippen LogP contribution in [0, 0.1) is 0 Å². The van der Waals surface area contributed by atoms with Crippen LogP contribution in [0.25, 0.3) is 0 Å². The second-order valence-electron chi connectivity index (χ2n) is 4.77. The molecule has 0 spiro atoms. The van der Waals surface area contributed by atoms with Gasteiger partial charge >= 0.3 is 0 Å². The lowest BCUT2D eigenvalue weighted by Crippen LogP contribution is -2.56. The van der Waals surface area contributed by atoms with E-state index in [1.54, 1.807) is 0 Å². The van der Waals surface area contributed by atoms with Crippen molar-refractivity contribution < 1.29 is 4.79 Å². The maximum Gasteiger partial charge on any atom is 0.270 e. The maximum atomic E-state index is 12.4. The highest BCUT2D eigenvalue weighted by Gasteiger charge is 2.28. The number of nitrogens with zero attached hydrogens (tertiary/aromatic N) is 2. The predicted octanol–water partition coefficient (Wildman–Crippen LogP) is 1.61. The van der Waals surface area contributed by atoms with Gasteiger partial charge in [0, 0.05) is 42.9 Å². The van der Waals surface area contributed by atoms with E-state index in [2.05, 4.69) is 35.1 Å². The van der Waals surface area contributed by atoms with Crippen LogP contribution in [0.1, 0.15) is 24.3 Å². The number of aryl methyl sites for hydroxylation is 1. The molecular formula is C12H18BrN3O. The number of hydrogen-bond acceptors (Lipinski definition) is 2. The molecule has 0 radical (unpaired) electrons. The van der Waals surface area contributed by atoms with Gasteiger partial charge in [0.2, 0.25) is 0 Å². The van der Waals surface area contributed by atoms with E-state index in [0.29, 0.717) is 6.04 Å². The molecule has 0 aliphatic carbocycles. The molecule has 17 heavy (non-hydrogen) atoms. The molecule has 1 aromatic heterocycles. The summed E-state index contributed by atoms with van der Waals surface area (Å²) in [6, 6.07) is 2.48. The van der Waals surface area contributed by atoms with E-state index in [1.165, 1.54) is 0 Å². The molecule has 2 rings (SSSR count). The van der Waals surface area contributed by atoms with Crippen molar-refractivity contribution in [2.45, 2.75) is 25.9 Å². The highest BCUT2D eigenvalue weighted by Crippen LogP contribution is 2.17. The number of nitrogens with one attached hydrogen (secondary N) is 1. The summed E-state index contributed by atoms with van der Waals surface area (Å²) in [6.45, 7) is 5.81. The van der Waals surface area contributed by atoms with E-state index in [-0.39, 0.29) is 11.9 Å². The average Bonchev–Trinajstić information content (AvgIpc) is 2.60. The first-order valence-electron chi connectivity index (χ1n) is 5.85. The normalized spacial score (nSPS) is 25.1. The molecule has 1 aliphatic heterocycles. The van der Waals surface area contributed by atoms with E-state index in [1.807, 2.05) is 28.8 Å². The maximum absolute atomic E-state index is 12.4. The zero-order valence-electron chi connectivity index (χ0n) is 10.4. The first-order valence-corrected chi connectivity index (χ1v) is 6.64. The largest absolute Gasteiger partial charge is 0.345 e. The number of piperazine rings is 1. The number of carbonyl (C=O) groups is 1. The lowest BCUT2D eigenvalue weighted by atomic mass is 10.1. The molecule has 1 aliphatic rings. The zero-order chi connectivity index (χ0) is 12.6. The average molecular weight is 300 g/mol. The Morgan fingerprint density at radius 1 is 1.53 bits per heavy atom. The number of halogens is 1. The van der Waals surface area contributed by atoms with Gasteiger partial charge in [-0.25, -0.2) is 0 Å². The van der Waals surface area contributed by atoms with Gasteiger partial charge in [-0.2, -0.15) is 0 Å². The number of hydrogen-bond donors (Lipinski definition) is 1. The number of carbonyl (C=O) groups excluding carboxylic acids is 1. The quantitative estimate of drug-likeness (QED) is 0.855. The molecule has 4 nitrogen and oxygen atoms in total. The molecule has 1 aromatic rings. The summed E-state index contributed by atoms with van der Waals surface area (Å²) in [7, 11) is 1.90. The second kappa shape index (κ2) is 4.82. The molecule has 1 amide bonds. The monoisotopic (exact) mass is 299 g/mol. The van der Waals surface area contributed by atoms with Crippen molar-refractivity contribution in [3.8, 4) is 0 Å². The van der Waals surface area contributed by atoms with Gasteiger partial charge in [0.1, 0.15) is 5.69 Å². The van der Waals surface area contributed by atoms with Gasteiger partial charge in [0.05, 0.1) is 0 Å². The molecule has 2 unspecified atom stereocenters. The Balaban J connectivity index is 2.21. The Kier molecular flexibility index (Phi) is 3.58. The van der Waals surface area contributed by atoms with Crippen molar-refractivity contribution in [1.29, 1.82) is 0 Å². The van der Waals surface area contributed by atoms with Crippen LogP contribution in [0.4, 0.5) is 0 Å². The fourth-order valence-corrected chi connectivity index (χ4v) is 2.71. The first kappa shape index (κ1) is 12.6. The Bertz CT molecular complexity index is 429. The Hall–Kier alpha value is -0.810. The molecule has 1 saturated heterocycles. The summed E-state index contributed by atoms with van der Waals surface area (Å²) in [4.78, 5) is 14.4. The first-order chi connectivity index (χ1) is 7.99. The van der Waals surface area contributed by atoms with Crippen LogP contribution in [0.3, 0.4) is 0 Å². The summed E-state index contributed by atoms with van der Waals surface area (Å²) in [6.07, 6.45) is 1.91. The van der Waals surface area contributed by atoms with Gasteiger partial charge in [-0.1, -0.05) is 0 Å². The van der Waals surface area contributed by atoms with Crippen LogP contribution in [-0.4, -0.2) is 40.5 Å². The molecule has 0 saturated carbocycles. The number of amides is 1. The second-order valence-corrected chi connectivity index (χ2v) is 5.69. The zero-order valence-corrected chi connectivity index (χ0v) is 12.0. The molecule has 2 atom stereocenters. The number of aromatic nitrogens is 1. The fraction of sp³-hybridized carbons (Fsp3) is 0.583. The molecule has 5 heteroatoms. The summed E-state index contributed by atoms with van der Waals surface area (Å²) in [5.41, 5.74) is 0.734. The van der Waals surface area contributed by atoms with Crippen LogP contribution in [0.2, 0.25) is 0 Å². The molecule has 94 valence electrons. The Morgan fingerprint density at radius 3 is 2.82 bits per heavy atom. The van der Waals surface area contributed by atoms with Crippen LogP contribution in [0.15, 0.2) is 16.7 Å². The molecular weight excluding hydrogens is 282 g/mol. The number of rotatable bonds is 1. The van der Waals surface area contributed by atoms with Gasteiger partial charge in [-0.05, 0) is 35.8 Å². The molecule has 0 aromatic carbocycles. The SMILES string of the molecule is CC1CN(C(=O)c2cc(Br)cn2C)C(C)CN1. The van der Waals surface area contributed by atoms with Crippen molar-refractivity contribution >= 4 is 21.8 Å². The predicted molar refractivity (Wildman–Crippen MR) is 71.1 cm³/mol. The minimum atomic E-state index is 0.110. The lowest BCUT2D eigenvalue weighted by Gasteiger charge is -2.37. The molecule has 0 bridgehead atoms. The van der Waals surface area contributed by atoms with Crippen molar-refractivity contribution in [3.63, 3.8) is 0 Å². The van der Waals surface area contributed by atoms with Crippen LogP contribution in [0.5, 0.6) is 0 Å². The summed E-state index contributed by atoms with van der Waals surface area (Å²) in [5, 5.41) is 3.38. The Morgan fingerprint density at radius 2 is 2.24 bits per heavy atom. The highest BCUT2D eigenvalue weighted by atomic mass is 79.9. The van der Waals surface area contributed by atoms with Crippen LogP contribution < -0.4 is 5.32 Å². The van der Waals surface area contributed by atoms with E-state index in [4.69, 9.17) is 0 Å². The van der Waals surface area contributed by atoms with E-state index in [9.17, 15) is 4.79 Å². The minimum absolute atomic E-state index is 0.110. The minimum Gasteiger partial charge on any atom is -0.345 e. The molecule has 1 N–H and O–H groups in total. The standard InChI is InChI=1S/C12H18BrN3O/c1-8-6-16(9(2)5-14-8)12(17)11-4-10(13)7-15(11)3/h4,7-9,14H,5-6H2,1-3H3. The Labute approximate surface area is 110 Å². The van der Waals surface area contributed by atoms with Gasteiger partial charge in [-0.3, -0.25) is 4.79 Å². The third kappa shape index (κ3) is 2.55. The van der Waals surface area contributed by atoms with Crippen molar-refractivity contribution in [2.75, 3.05) is 13.1 Å². The van der Waals surface area contributed by atoms with Crippen LogP contribution in [-0.2, 0) is 7.05 Å². The smallest absolute Gasteiger partial charge is 0.270 e. The van der Waals surface area contributed by atoms with Crippen molar-refractivity contribution in [2.24, 2.45) is 7.05 Å². The van der Waals surface area contributed by atoms with E-state index in [0.717, 1.165) is 23.3 Å². The lowest BCUT2D eigenvalue weighted by molar-refractivity contribution is 0.0606. The molecule has 2 heterocycles. The van der Waals surface area contributed by atoms with Crippen LogP contribution >= 0.6 is 15.9 Å². The fourth-order valence-electron chi connectivity index (χ4n) is 2.19. The third-order valence-electron chi connectivity index (χ3n) is 3.22. The summed E-state index contributed by atoms with van der Waals surface area (Å²) < 4.78 is 2.81. The van der Waals surface area contributed by atoms with Gasteiger partial charge < -0.3 is 14.8 Å². The van der Waals surface area contributed by atoms with Crippen molar-refractivity contribution in [3.05, 3.63) is 22.4 Å². The summed E-state index contributed by atoms with van der Waals surface area (Å²) in [5.74, 6) is 0.110. The van der Waals surface area contributed by atoms with E-state index < -0.39 is 0 Å². The van der Waals surface area contributed by atoms with Crippen molar-refractivity contribution in [1.82, 2.24) is 14.8 Å². The van der Waals surface area contributed by atoms with Gasteiger partial charge in [0.15, 0.2) is 0 Å². The van der Waals surface area contributed by atoms with Gasteiger partial charge in [-0.15, -0.1) is 0 Å². The third-order valence-corrected chi connectivity index (χ3v) is 3.65. The molecule has 1 fully saturated rings. The van der Waals surface area contributed by atoms with Gasteiger partial charge in [0.25, 0.3) is 5.91 Å². The summed E-state index contributed by atoms with van der Waals surface area (Å²) >= 11 is 3.40.